The van der Waals surface area contributed by atoms with Crippen LogP contribution in [-0.2, 0) is 0 Å². The van der Waals surface area contributed by atoms with Gasteiger partial charge in [-0.2, -0.15) is 0 Å². The van der Waals surface area contributed by atoms with Gasteiger partial charge in [0, 0.05) is 12.1 Å². The Hall–Kier alpha value is -1.42. The fourth-order valence-corrected chi connectivity index (χ4v) is 1.93. The molecule has 1 rings (SSSR count). The Morgan fingerprint density at radius 1 is 1.33 bits per heavy atom. The minimum absolute atomic E-state index is 0.159. The summed E-state index contributed by atoms with van der Waals surface area (Å²) >= 11 is 0. The Kier molecular flexibility index (Phi) is 6.36. The van der Waals surface area contributed by atoms with Crippen LogP contribution in [0.3, 0.4) is 0 Å². The standard InChI is InChI=1S/C14H21FN2O/c1-2-3-11(8-9-16)10-17-14(18)12-4-6-13(15)7-5-12/h4-7,11H,2-3,8-10,16H2,1H3,(H,17,18). The molecule has 100 valence electrons. The quantitative estimate of drug-likeness (QED) is 0.782. The SMILES string of the molecule is CCCC(CCN)CNC(=O)c1ccc(F)cc1. The summed E-state index contributed by atoms with van der Waals surface area (Å²) in [4.78, 5) is 11.8. The van der Waals surface area contributed by atoms with Crippen LogP contribution >= 0.6 is 0 Å². The highest BCUT2D eigenvalue weighted by atomic mass is 19.1. The van der Waals surface area contributed by atoms with Crippen LogP contribution in [0.25, 0.3) is 0 Å². The van der Waals surface area contributed by atoms with Crippen molar-refractivity contribution < 1.29 is 9.18 Å². The number of carbonyl (C=O) groups is 1. The highest BCUT2D eigenvalue weighted by Crippen LogP contribution is 2.09. The number of hydrogen-bond acceptors (Lipinski definition) is 2. The summed E-state index contributed by atoms with van der Waals surface area (Å²) in [5.41, 5.74) is 6.03. The van der Waals surface area contributed by atoms with E-state index in [1.807, 2.05) is 0 Å². The number of nitrogens with one attached hydrogen (secondary N) is 1. The highest BCUT2D eigenvalue weighted by molar-refractivity contribution is 5.94. The Balaban J connectivity index is 2.46. The fraction of sp³-hybridized carbons (Fsp3) is 0.500. The van der Waals surface area contributed by atoms with Crippen molar-refractivity contribution in [2.75, 3.05) is 13.1 Å². The molecule has 1 atom stereocenters. The molecule has 0 aromatic heterocycles. The van der Waals surface area contributed by atoms with Gasteiger partial charge in [-0.3, -0.25) is 4.79 Å². The average Bonchev–Trinajstić information content (AvgIpc) is 2.37. The van der Waals surface area contributed by atoms with Gasteiger partial charge >= 0.3 is 0 Å². The van der Waals surface area contributed by atoms with Crippen LogP contribution in [0.2, 0.25) is 0 Å². The molecule has 0 heterocycles. The molecule has 0 spiro atoms. The summed E-state index contributed by atoms with van der Waals surface area (Å²) < 4.78 is 12.7. The molecule has 1 aromatic rings. The Morgan fingerprint density at radius 3 is 2.56 bits per heavy atom. The van der Waals surface area contributed by atoms with Gasteiger partial charge in [0.05, 0.1) is 0 Å². The predicted octanol–water partition coefficient (Wildman–Crippen LogP) is 2.32. The van der Waals surface area contributed by atoms with Gasteiger partial charge in [-0.15, -0.1) is 0 Å². The lowest BCUT2D eigenvalue weighted by Gasteiger charge is -2.15. The van der Waals surface area contributed by atoms with Gasteiger partial charge in [0.25, 0.3) is 5.91 Å². The van der Waals surface area contributed by atoms with Crippen LogP contribution in [0.15, 0.2) is 24.3 Å². The Bertz CT molecular complexity index is 359. The van der Waals surface area contributed by atoms with E-state index in [1.165, 1.54) is 24.3 Å². The summed E-state index contributed by atoms with van der Waals surface area (Å²) in [5, 5.41) is 2.87. The number of carbonyl (C=O) groups excluding carboxylic acids is 1. The molecule has 3 N–H and O–H groups in total. The third-order valence-corrected chi connectivity index (χ3v) is 2.93. The first kappa shape index (κ1) is 14.6. The largest absolute Gasteiger partial charge is 0.352 e. The molecule has 0 saturated heterocycles. The molecule has 0 saturated carbocycles. The van der Waals surface area contributed by atoms with Crippen LogP contribution in [0.5, 0.6) is 0 Å². The van der Waals surface area contributed by atoms with Crippen molar-refractivity contribution >= 4 is 5.91 Å². The smallest absolute Gasteiger partial charge is 0.251 e. The molecule has 1 unspecified atom stereocenters. The maximum absolute atomic E-state index is 12.7. The lowest BCUT2D eigenvalue weighted by atomic mass is 10.00. The van der Waals surface area contributed by atoms with Crippen molar-refractivity contribution in [3.63, 3.8) is 0 Å². The molecule has 18 heavy (non-hydrogen) atoms. The summed E-state index contributed by atoms with van der Waals surface area (Å²) in [7, 11) is 0. The minimum Gasteiger partial charge on any atom is -0.352 e. The third kappa shape index (κ3) is 4.84. The number of rotatable bonds is 7. The lowest BCUT2D eigenvalue weighted by molar-refractivity contribution is 0.0945. The van der Waals surface area contributed by atoms with Crippen LogP contribution in [0, 0.1) is 11.7 Å². The van der Waals surface area contributed by atoms with Crippen molar-refractivity contribution in [1.29, 1.82) is 0 Å². The number of halogens is 1. The van der Waals surface area contributed by atoms with Crippen molar-refractivity contribution in [2.24, 2.45) is 11.7 Å². The topological polar surface area (TPSA) is 55.1 Å². The zero-order valence-corrected chi connectivity index (χ0v) is 10.8. The first-order valence-corrected chi connectivity index (χ1v) is 6.41. The average molecular weight is 252 g/mol. The van der Waals surface area contributed by atoms with Crippen molar-refractivity contribution in [3.8, 4) is 0 Å². The number of hydrogen-bond donors (Lipinski definition) is 2. The van der Waals surface area contributed by atoms with Crippen molar-refractivity contribution in [2.45, 2.75) is 26.2 Å². The molecule has 0 aliphatic rings. The van der Waals surface area contributed by atoms with Crippen LogP contribution in [0.4, 0.5) is 4.39 Å². The molecule has 4 heteroatoms. The van der Waals surface area contributed by atoms with Crippen LogP contribution < -0.4 is 11.1 Å². The molecular weight excluding hydrogens is 231 g/mol. The van der Waals surface area contributed by atoms with Gasteiger partial charge < -0.3 is 11.1 Å². The molecule has 0 radical (unpaired) electrons. The molecule has 0 aliphatic carbocycles. The number of nitrogens with two attached hydrogens (primary N) is 1. The van der Waals surface area contributed by atoms with Crippen LogP contribution in [-0.4, -0.2) is 19.0 Å². The second kappa shape index (κ2) is 7.82. The van der Waals surface area contributed by atoms with E-state index in [4.69, 9.17) is 5.73 Å². The normalized spacial score (nSPS) is 12.2. The second-order valence-corrected chi connectivity index (χ2v) is 4.45. The summed E-state index contributed by atoms with van der Waals surface area (Å²) in [6.45, 7) is 3.38. The molecular formula is C14H21FN2O. The minimum atomic E-state index is -0.335. The van der Waals surface area contributed by atoms with Gasteiger partial charge in [-0.1, -0.05) is 13.3 Å². The van der Waals surface area contributed by atoms with E-state index in [0.717, 1.165) is 19.3 Å². The summed E-state index contributed by atoms with van der Waals surface area (Å²) in [6.07, 6.45) is 3.05. The third-order valence-electron chi connectivity index (χ3n) is 2.93. The van der Waals surface area contributed by atoms with E-state index in [1.54, 1.807) is 0 Å². The van der Waals surface area contributed by atoms with E-state index in [2.05, 4.69) is 12.2 Å². The van der Waals surface area contributed by atoms with E-state index in [-0.39, 0.29) is 11.7 Å². The molecule has 0 bridgehead atoms. The van der Waals surface area contributed by atoms with E-state index >= 15 is 0 Å². The predicted molar refractivity (Wildman–Crippen MR) is 70.8 cm³/mol. The summed E-state index contributed by atoms with van der Waals surface area (Å²) in [6, 6.07) is 5.56. The maximum atomic E-state index is 12.7. The Labute approximate surface area is 108 Å². The van der Waals surface area contributed by atoms with E-state index in [0.29, 0.717) is 24.6 Å². The first-order valence-electron chi connectivity index (χ1n) is 6.41. The maximum Gasteiger partial charge on any atom is 0.251 e. The molecule has 1 aromatic carbocycles. The van der Waals surface area contributed by atoms with Crippen molar-refractivity contribution in [1.82, 2.24) is 5.32 Å². The highest BCUT2D eigenvalue weighted by Gasteiger charge is 2.10. The second-order valence-electron chi connectivity index (χ2n) is 4.45. The molecule has 1 amide bonds. The molecule has 3 nitrogen and oxygen atoms in total. The Morgan fingerprint density at radius 2 is 2.00 bits per heavy atom. The van der Waals surface area contributed by atoms with E-state index in [9.17, 15) is 9.18 Å². The monoisotopic (exact) mass is 252 g/mol. The van der Waals surface area contributed by atoms with Gasteiger partial charge in [0.15, 0.2) is 0 Å². The molecule has 0 fully saturated rings. The lowest BCUT2D eigenvalue weighted by Crippen LogP contribution is -2.30. The molecule has 0 aliphatic heterocycles. The van der Waals surface area contributed by atoms with Crippen LogP contribution in [0.1, 0.15) is 36.5 Å². The van der Waals surface area contributed by atoms with Gasteiger partial charge in [0.2, 0.25) is 0 Å². The fourth-order valence-electron chi connectivity index (χ4n) is 1.93. The van der Waals surface area contributed by atoms with E-state index < -0.39 is 0 Å². The first-order chi connectivity index (χ1) is 8.67. The zero-order valence-electron chi connectivity index (χ0n) is 10.8. The van der Waals surface area contributed by atoms with Gasteiger partial charge in [-0.25, -0.2) is 4.39 Å². The summed E-state index contributed by atoms with van der Waals surface area (Å²) in [5.74, 6) is -0.0731. The van der Waals surface area contributed by atoms with Gasteiger partial charge in [-0.05, 0) is 49.6 Å². The number of amides is 1. The van der Waals surface area contributed by atoms with Gasteiger partial charge in [0.1, 0.15) is 5.82 Å². The van der Waals surface area contributed by atoms with Crippen molar-refractivity contribution in [3.05, 3.63) is 35.6 Å². The number of benzene rings is 1. The zero-order chi connectivity index (χ0) is 13.4.